The molecule has 0 aliphatic carbocycles. The van der Waals surface area contributed by atoms with Crippen molar-refractivity contribution in [1.82, 2.24) is 5.32 Å². The molecule has 0 saturated heterocycles. The molecule has 0 aromatic carbocycles. The molecule has 0 rings (SSSR count). The molecule has 0 fully saturated rings. The van der Waals surface area contributed by atoms with E-state index < -0.39 is 14.6 Å². The highest BCUT2D eigenvalue weighted by atomic mass is 28.4. The van der Waals surface area contributed by atoms with Crippen molar-refractivity contribution in [2.24, 2.45) is 5.73 Å². The van der Waals surface area contributed by atoms with Crippen LogP contribution in [-0.2, 0) is 8.85 Å². The Balaban J connectivity index is 3.88. The number of carbonyl (C=O) groups excluding carboxylic acids is 1. The van der Waals surface area contributed by atoms with Crippen LogP contribution in [0, 0.1) is 0 Å². The summed E-state index contributed by atoms with van der Waals surface area (Å²) < 4.78 is 11.2. The molecular formula is C8H20N2O3Si. The maximum Gasteiger partial charge on any atom is 0.336 e. The lowest BCUT2D eigenvalue weighted by Gasteiger charge is -2.25. The fourth-order valence-corrected chi connectivity index (χ4v) is 3.38. The van der Waals surface area contributed by atoms with E-state index in [1.807, 2.05) is 20.4 Å². The van der Waals surface area contributed by atoms with Gasteiger partial charge in [0.15, 0.2) is 0 Å². The summed E-state index contributed by atoms with van der Waals surface area (Å²) >= 11 is 0. The molecule has 5 nitrogen and oxygen atoms in total. The monoisotopic (exact) mass is 220 g/mol. The first kappa shape index (κ1) is 13.4. The van der Waals surface area contributed by atoms with E-state index in [0.29, 0.717) is 19.8 Å². The molecule has 84 valence electrons. The van der Waals surface area contributed by atoms with Crippen molar-refractivity contribution in [2.75, 3.05) is 19.8 Å². The molecule has 0 atom stereocenters. The maximum atomic E-state index is 10.4. The van der Waals surface area contributed by atoms with Gasteiger partial charge >= 0.3 is 14.6 Å². The van der Waals surface area contributed by atoms with Crippen molar-refractivity contribution in [1.29, 1.82) is 0 Å². The highest BCUT2D eigenvalue weighted by molar-refractivity contribution is 6.66. The number of nitrogens with one attached hydrogen (secondary N) is 1. The van der Waals surface area contributed by atoms with Crippen molar-refractivity contribution < 1.29 is 13.6 Å². The van der Waals surface area contributed by atoms with Crippen LogP contribution >= 0.6 is 0 Å². The largest absolute Gasteiger partial charge is 0.395 e. The van der Waals surface area contributed by atoms with Gasteiger partial charge in [-0.15, -0.1) is 0 Å². The minimum Gasteiger partial charge on any atom is -0.395 e. The van der Waals surface area contributed by atoms with Crippen molar-refractivity contribution >= 4 is 14.6 Å². The van der Waals surface area contributed by atoms with Gasteiger partial charge in [0.2, 0.25) is 0 Å². The molecule has 14 heavy (non-hydrogen) atoms. The van der Waals surface area contributed by atoms with Gasteiger partial charge in [-0.05, 0) is 20.4 Å². The maximum absolute atomic E-state index is 10.4. The van der Waals surface area contributed by atoms with Crippen LogP contribution in [0.4, 0.5) is 4.79 Å². The van der Waals surface area contributed by atoms with Gasteiger partial charge in [-0.25, -0.2) is 4.79 Å². The molecule has 0 aliphatic heterocycles. The van der Waals surface area contributed by atoms with E-state index in [-0.39, 0.29) is 0 Å². The Labute approximate surface area is 86.2 Å². The number of primary amides is 1. The lowest BCUT2D eigenvalue weighted by molar-refractivity contribution is 0.189. The van der Waals surface area contributed by atoms with Gasteiger partial charge in [0.05, 0.1) is 0 Å². The Morgan fingerprint density at radius 1 is 1.36 bits per heavy atom. The summed E-state index contributed by atoms with van der Waals surface area (Å²) in [6, 6.07) is 0.215. The normalized spacial score (nSPS) is 11.4. The van der Waals surface area contributed by atoms with E-state index in [1.165, 1.54) is 0 Å². The van der Waals surface area contributed by atoms with Gasteiger partial charge in [0, 0.05) is 25.8 Å². The quantitative estimate of drug-likeness (QED) is 0.623. The highest BCUT2D eigenvalue weighted by Crippen LogP contribution is 2.12. The first-order valence-electron chi connectivity index (χ1n) is 4.85. The first-order chi connectivity index (χ1) is 6.54. The Morgan fingerprint density at radius 3 is 2.21 bits per heavy atom. The topological polar surface area (TPSA) is 73.6 Å². The van der Waals surface area contributed by atoms with E-state index in [0.717, 1.165) is 6.04 Å². The Kier molecular flexibility index (Phi) is 6.51. The lowest BCUT2D eigenvalue weighted by Crippen LogP contribution is -2.43. The third-order valence-corrected chi connectivity index (χ3v) is 4.73. The van der Waals surface area contributed by atoms with Gasteiger partial charge in [-0.1, -0.05) is 0 Å². The van der Waals surface area contributed by atoms with Gasteiger partial charge in [-0.3, -0.25) is 0 Å². The Hall–Kier alpha value is -0.593. The van der Waals surface area contributed by atoms with Gasteiger partial charge in [0.1, 0.15) is 0 Å². The molecule has 2 amide bonds. The van der Waals surface area contributed by atoms with Crippen LogP contribution in [-0.4, -0.2) is 34.4 Å². The number of hydrogen-bond acceptors (Lipinski definition) is 3. The van der Waals surface area contributed by atoms with Crippen molar-refractivity contribution in [3.63, 3.8) is 0 Å². The van der Waals surface area contributed by atoms with Crippen molar-refractivity contribution in [3.05, 3.63) is 0 Å². The highest BCUT2D eigenvalue weighted by Gasteiger charge is 2.30. The predicted octanol–water partition coefficient (Wildman–Crippen LogP) is 0.800. The number of hydrogen-bond donors (Lipinski definition) is 2. The second-order valence-electron chi connectivity index (χ2n) is 3.04. The summed E-state index contributed by atoms with van der Waals surface area (Å²) in [6.07, 6.45) is 0. The third-order valence-electron chi connectivity index (χ3n) is 1.78. The minimum absolute atomic E-state index is 0.505. The lowest BCUT2D eigenvalue weighted by atomic mass is 10.7. The van der Waals surface area contributed by atoms with Crippen molar-refractivity contribution in [2.45, 2.75) is 26.4 Å². The third kappa shape index (κ3) is 5.95. The van der Waals surface area contributed by atoms with Gasteiger partial charge < -0.3 is 19.9 Å². The summed E-state index contributed by atoms with van der Waals surface area (Å²) in [7, 11) is -2.09. The van der Waals surface area contributed by atoms with Gasteiger partial charge in [0.25, 0.3) is 0 Å². The number of nitrogens with two attached hydrogens (primary N) is 1. The number of rotatable bonds is 7. The molecule has 3 N–H and O–H groups in total. The SMILES string of the molecule is CCO[Si](C)(CCNC(N)=O)OCC. The second kappa shape index (κ2) is 6.80. The molecule has 0 aliphatic rings. The average Bonchev–Trinajstić information content (AvgIpc) is 2.03. The second-order valence-corrected chi connectivity index (χ2v) is 6.39. The van der Waals surface area contributed by atoms with E-state index >= 15 is 0 Å². The molecule has 0 unspecified atom stereocenters. The van der Waals surface area contributed by atoms with Crippen LogP contribution in [0.5, 0.6) is 0 Å². The Morgan fingerprint density at radius 2 is 1.86 bits per heavy atom. The molecule has 0 aromatic heterocycles. The first-order valence-corrected chi connectivity index (χ1v) is 7.37. The van der Waals surface area contributed by atoms with Crippen LogP contribution in [0.2, 0.25) is 12.6 Å². The standard InChI is InChI=1S/C8H20N2O3Si/c1-4-12-14(3,13-5-2)7-6-10-8(9)11/h4-7H2,1-3H3,(H3,9,10,11). The predicted molar refractivity (Wildman–Crippen MR) is 57.3 cm³/mol. The summed E-state index contributed by atoms with van der Waals surface area (Å²) in [5.74, 6) is 0. The van der Waals surface area contributed by atoms with E-state index in [2.05, 4.69) is 5.32 Å². The zero-order valence-corrected chi connectivity index (χ0v) is 10.1. The summed E-state index contributed by atoms with van der Waals surface area (Å²) in [4.78, 5) is 10.4. The molecular weight excluding hydrogens is 200 g/mol. The zero-order valence-electron chi connectivity index (χ0n) is 9.13. The van der Waals surface area contributed by atoms with Gasteiger partial charge in [-0.2, -0.15) is 0 Å². The summed E-state index contributed by atoms with van der Waals surface area (Å²) in [5.41, 5.74) is 4.95. The van der Waals surface area contributed by atoms with E-state index in [4.69, 9.17) is 14.6 Å². The van der Waals surface area contributed by atoms with Crippen LogP contribution in [0.25, 0.3) is 0 Å². The molecule has 0 heterocycles. The number of amides is 2. The van der Waals surface area contributed by atoms with E-state index in [1.54, 1.807) is 0 Å². The molecule has 0 bridgehead atoms. The number of carbonyl (C=O) groups is 1. The van der Waals surface area contributed by atoms with Crippen LogP contribution < -0.4 is 11.1 Å². The minimum atomic E-state index is -2.09. The average molecular weight is 220 g/mol. The van der Waals surface area contributed by atoms with E-state index in [9.17, 15) is 4.79 Å². The molecule has 6 heteroatoms. The molecule has 0 spiro atoms. The fraction of sp³-hybridized carbons (Fsp3) is 0.875. The molecule has 0 saturated carbocycles. The van der Waals surface area contributed by atoms with Crippen LogP contribution in [0.1, 0.15) is 13.8 Å². The zero-order chi connectivity index (χ0) is 11.0. The summed E-state index contributed by atoms with van der Waals surface area (Å²) in [6.45, 7) is 7.65. The van der Waals surface area contributed by atoms with Crippen molar-refractivity contribution in [3.8, 4) is 0 Å². The van der Waals surface area contributed by atoms with Crippen LogP contribution in [0.15, 0.2) is 0 Å². The summed E-state index contributed by atoms with van der Waals surface area (Å²) in [5, 5.41) is 2.53. The number of urea groups is 1. The molecule has 0 aromatic rings. The molecule has 0 radical (unpaired) electrons. The Bertz CT molecular complexity index is 172. The van der Waals surface area contributed by atoms with Crippen LogP contribution in [0.3, 0.4) is 0 Å². The smallest absolute Gasteiger partial charge is 0.336 e. The fourth-order valence-electron chi connectivity index (χ4n) is 1.21.